The van der Waals surface area contributed by atoms with Crippen molar-refractivity contribution in [3.8, 4) is 0 Å². The van der Waals surface area contributed by atoms with Crippen LogP contribution in [0, 0.1) is 0 Å². The van der Waals surface area contributed by atoms with Gasteiger partial charge in [-0.05, 0) is 43.8 Å². The van der Waals surface area contributed by atoms with Crippen molar-refractivity contribution in [1.82, 2.24) is 0 Å². The van der Waals surface area contributed by atoms with E-state index in [1.807, 2.05) is 0 Å². The van der Waals surface area contributed by atoms with Gasteiger partial charge in [-0.2, -0.15) is 0 Å². The summed E-state index contributed by atoms with van der Waals surface area (Å²) >= 11 is 54.0. The van der Waals surface area contributed by atoms with E-state index in [9.17, 15) is 0 Å². The summed E-state index contributed by atoms with van der Waals surface area (Å²) in [5, 5.41) is 0. The van der Waals surface area contributed by atoms with Crippen LogP contribution in [0.25, 0.3) is 0 Å². The van der Waals surface area contributed by atoms with Crippen molar-refractivity contribution in [3.05, 3.63) is 0 Å². The molecule has 0 saturated heterocycles. The molecular weight excluding hydrogens is 684 g/mol. The van der Waals surface area contributed by atoms with Gasteiger partial charge in [0, 0.05) is 16.7 Å². The van der Waals surface area contributed by atoms with Crippen LogP contribution in [0.5, 0.6) is 0 Å². The van der Waals surface area contributed by atoms with Gasteiger partial charge in [-0.1, -0.05) is 31.7 Å². The van der Waals surface area contributed by atoms with Crippen LogP contribution in [0.15, 0.2) is 0 Å². The Morgan fingerprint density at radius 1 is 0.485 bits per heavy atom. The first-order valence-electron chi connectivity index (χ1n) is 10.9. The zero-order chi connectivity index (χ0) is 25.4. The normalized spacial score (nSPS) is 13.6. The van der Waals surface area contributed by atoms with Crippen molar-refractivity contribution in [1.29, 1.82) is 0 Å². The van der Waals surface area contributed by atoms with Crippen molar-refractivity contribution >= 4 is 128 Å². The zero-order valence-corrected chi connectivity index (χ0v) is 29.2. The lowest BCUT2D eigenvalue weighted by Gasteiger charge is -2.34. The lowest BCUT2D eigenvalue weighted by Crippen LogP contribution is -2.41. The topological polar surface area (TPSA) is 27.7 Å². The minimum absolute atomic E-state index is 0.336. The molecule has 0 spiro atoms. The first-order valence-corrected chi connectivity index (χ1v) is 27.4. The Labute approximate surface area is 247 Å². The summed E-state index contributed by atoms with van der Waals surface area (Å²) in [6.07, 6.45) is 7.66. The third-order valence-corrected chi connectivity index (χ3v) is 12.7. The summed E-state index contributed by atoms with van der Waals surface area (Å²) < 4.78 is 18.4. The highest BCUT2D eigenvalue weighted by Crippen LogP contribution is 2.32. The van der Waals surface area contributed by atoms with Gasteiger partial charge in [0.25, 0.3) is 5.97 Å². The van der Waals surface area contributed by atoms with Gasteiger partial charge in [0.2, 0.25) is 0 Å². The Hall–Kier alpha value is 3.36. The minimum atomic E-state index is -2.73. The third kappa shape index (κ3) is 25.4. The predicted molar refractivity (Wildman–Crippen MR) is 157 cm³/mol. The van der Waals surface area contributed by atoms with Crippen molar-refractivity contribution in [2.24, 2.45) is 0 Å². The summed E-state index contributed by atoms with van der Waals surface area (Å²) in [4.78, 5) is 0. The zero-order valence-electron chi connectivity index (χ0n) is 18.4. The highest BCUT2D eigenvalue weighted by molar-refractivity contribution is 7.65. The van der Waals surface area contributed by atoms with Crippen molar-refractivity contribution in [2.75, 3.05) is 19.8 Å². The van der Waals surface area contributed by atoms with Crippen molar-refractivity contribution in [2.45, 2.75) is 87.9 Å². The molecule has 0 aliphatic rings. The molecule has 0 aromatic carbocycles. The molecule has 0 unspecified atom stereocenters. The number of unbranched alkanes of at least 4 members (excludes halogenated alkanes) is 4. The second kappa shape index (κ2) is 19.4. The van der Waals surface area contributed by atoms with E-state index in [0.717, 1.165) is 38.1 Å². The lowest BCUT2D eigenvalue weighted by molar-refractivity contribution is -0.383. The number of hydrogen-bond acceptors (Lipinski definition) is 3. The van der Waals surface area contributed by atoms with E-state index in [0.29, 0.717) is 63.6 Å². The first kappa shape index (κ1) is 36.4. The fourth-order valence-corrected chi connectivity index (χ4v) is 8.33. The number of ether oxygens (including phenoxy) is 3. The van der Waals surface area contributed by atoms with Gasteiger partial charge in [0.1, 0.15) is 0 Å². The van der Waals surface area contributed by atoms with E-state index in [1.54, 1.807) is 0 Å². The maximum atomic E-state index is 6.14. The molecule has 0 rings (SSSR count). The third-order valence-electron chi connectivity index (χ3n) is 4.44. The van der Waals surface area contributed by atoms with E-state index in [-0.39, 0.29) is 0 Å². The van der Waals surface area contributed by atoms with Gasteiger partial charge in [-0.15, -0.1) is 99.7 Å². The van der Waals surface area contributed by atoms with Gasteiger partial charge in [-0.3, -0.25) is 0 Å². The fraction of sp³-hybridized carbons (Fsp3) is 1.00. The molecule has 0 aromatic heterocycles. The van der Waals surface area contributed by atoms with Crippen LogP contribution in [0.3, 0.4) is 0 Å². The minimum Gasteiger partial charge on any atom is -0.327 e. The molecule has 3 nitrogen and oxygen atoms in total. The molecule has 0 N–H and O–H groups in total. The summed E-state index contributed by atoms with van der Waals surface area (Å²) in [6, 6.07) is -5.73. The molecule has 0 heterocycles. The quantitative estimate of drug-likeness (QED) is 0.0484. The molecule has 197 valence electrons. The molecule has 0 bridgehead atoms. The molecule has 3 radical (unpaired) electrons. The van der Waals surface area contributed by atoms with E-state index >= 15 is 0 Å². The average Bonchev–Trinajstić information content (AvgIpc) is 2.66. The molecule has 0 fully saturated rings. The summed E-state index contributed by atoms with van der Waals surface area (Å²) in [6.45, 7) is 1.01. The Morgan fingerprint density at radius 3 is 1.15 bits per heavy atom. The first-order chi connectivity index (χ1) is 15.2. The highest BCUT2D eigenvalue weighted by atomic mass is 35.9. The van der Waals surface area contributed by atoms with Crippen LogP contribution < -0.4 is 0 Å². The van der Waals surface area contributed by atoms with Crippen LogP contribution in [-0.2, 0) is 14.2 Å². The van der Waals surface area contributed by atoms with Crippen LogP contribution in [0.1, 0.15) is 57.8 Å². The number of halogens is 9. The van der Waals surface area contributed by atoms with Gasteiger partial charge in [0.15, 0.2) is 0 Å². The number of hydrogen-bond donors (Lipinski definition) is 0. The molecule has 0 amide bonds. The van der Waals surface area contributed by atoms with E-state index in [1.165, 1.54) is 0 Å². The molecule has 0 aliphatic heterocycles. The molecule has 0 aliphatic carbocycles. The van der Waals surface area contributed by atoms with Gasteiger partial charge in [0.05, 0.1) is 19.8 Å². The van der Waals surface area contributed by atoms with E-state index in [4.69, 9.17) is 114 Å². The van der Waals surface area contributed by atoms with Gasteiger partial charge >= 0.3 is 18.0 Å². The van der Waals surface area contributed by atoms with Crippen LogP contribution in [0.4, 0.5) is 0 Å². The number of rotatable bonds is 22. The van der Waals surface area contributed by atoms with Crippen LogP contribution >= 0.6 is 99.7 Å². The average molecular weight is 716 g/mol. The molecule has 0 saturated carbocycles. The standard InChI is InChI=1S/C17H32Cl9O3Si4/c18-31(19,20)14-6-10-27-17(9-4-2-1-3-5-13-30,28-11-7-15-32(21,22)23)29-12-8-16-33(24,25)26/h1-16H2. The second-order valence-corrected chi connectivity index (χ2v) is 36.0. The second-order valence-electron chi connectivity index (χ2n) is 7.65. The van der Waals surface area contributed by atoms with Crippen molar-refractivity contribution in [3.63, 3.8) is 0 Å². The molecule has 16 heteroatoms. The van der Waals surface area contributed by atoms with Crippen LogP contribution in [0.2, 0.25) is 24.2 Å². The fourth-order valence-electron chi connectivity index (χ4n) is 2.84. The monoisotopic (exact) mass is 711 g/mol. The molecular formula is C17H32Cl9O3Si4. The molecule has 0 aromatic rings. The SMILES string of the molecule is [Si]CCCCCCCC(OCCC[Si](Cl)(Cl)Cl)(OCCC[Si](Cl)(Cl)Cl)OCCC[Si](Cl)(Cl)Cl. The van der Waals surface area contributed by atoms with Gasteiger partial charge in [-0.25, -0.2) is 0 Å². The highest BCUT2D eigenvalue weighted by Gasteiger charge is 2.35. The Morgan fingerprint density at radius 2 is 0.818 bits per heavy atom. The largest absolute Gasteiger partial charge is 0.341 e. The summed E-state index contributed by atoms with van der Waals surface area (Å²) in [5.74, 6) is -1.23. The maximum absolute atomic E-state index is 6.14. The molecule has 33 heavy (non-hydrogen) atoms. The van der Waals surface area contributed by atoms with Gasteiger partial charge < -0.3 is 14.2 Å². The van der Waals surface area contributed by atoms with Crippen LogP contribution in [-0.4, -0.2) is 54.0 Å². The predicted octanol–water partition coefficient (Wildman–Crippen LogP) is 9.75. The Bertz CT molecular complexity index is 437. The van der Waals surface area contributed by atoms with E-state index < -0.39 is 24.0 Å². The summed E-state index contributed by atoms with van der Waals surface area (Å²) in [5.41, 5.74) is 0. The summed E-state index contributed by atoms with van der Waals surface area (Å²) in [7, 11) is 3.51. The lowest BCUT2D eigenvalue weighted by atomic mass is 10.1. The van der Waals surface area contributed by atoms with Crippen molar-refractivity contribution < 1.29 is 14.2 Å². The van der Waals surface area contributed by atoms with E-state index in [2.05, 4.69) is 10.2 Å². The Kier molecular flexibility index (Phi) is 21.4. The maximum Gasteiger partial charge on any atom is 0.341 e. The smallest absolute Gasteiger partial charge is 0.327 e. The Balaban J connectivity index is 5.06. The molecule has 0 atom stereocenters.